The maximum absolute atomic E-state index is 13.9. The van der Waals surface area contributed by atoms with E-state index in [1.807, 2.05) is 0 Å². The standard InChI is InChI=1S/C53H100O6/c1-4-7-10-13-16-19-22-25-26-29-31-34-37-40-43-46-50(56)53(51(57)48-54,49(55)45-42-39-36-33-30-27-23-20-17-14-11-8-5-2)59-52(58)47-44-41-38-35-32-28-24-21-18-15-12-9-6-3/h25-26,51,54,57H,4-24,27-48H2,1-3H3. The average Bonchev–Trinajstić information content (AvgIpc) is 3.24. The van der Waals surface area contributed by atoms with E-state index in [9.17, 15) is 24.6 Å². The molecule has 2 unspecified atom stereocenters. The SMILES string of the molecule is CCCCCCCCC=CCCCCCCCC(=O)C(OC(=O)CCCCCCCCCCCCCCC)(C(=O)CCCCCCCCCCCCCCC)C(O)CO. The number of hydrogen-bond donors (Lipinski definition) is 2. The summed E-state index contributed by atoms with van der Waals surface area (Å²) in [5.74, 6) is -1.74. The van der Waals surface area contributed by atoms with E-state index in [2.05, 4.69) is 32.9 Å². The molecule has 0 spiro atoms. The quantitative estimate of drug-likeness (QED) is 0.0274. The number of allylic oxidation sites excluding steroid dienone is 2. The van der Waals surface area contributed by atoms with Crippen molar-refractivity contribution in [1.29, 1.82) is 0 Å². The molecule has 0 saturated heterocycles. The van der Waals surface area contributed by atoms with Crippen molar-refractivity contribution in [2.45, 2.75) is 302 Å². The minimum atomic E-state index is -2.32. The fraction of sp³-hybridized carbons (Fsp3) is 0.906. The molecule has 0 fully saturated rings. The monoisotopic (exact) mass is 833 g/mol. The number of esters is 1. The minimum Gasteiger partial charge on any atom is -0.440 e. The zero-order valence-corrected chi connectivity index (χ0v) is 39.7. The second-order valence-corrected chi connectivity index (χ2v) is 18.1. The van der Waals surface area contributed by atoms with Gasteiger partial charge in [-0.3, -0.25) is 14.4 Å². The molecular weight excluding hydrogens is 733 g/mol. The molecule has 0 aromatic rings. The molecule has 0 aromatic heterocycles. The Morgan fingerprint density at radius 2 is 0.661 bits per heavy atom. The summed E-state index contributed by atoms with van der Waals surface area (Å²) in [6.07, 6.45) is 48.6. The number of ether oxygens (including phenoxy) is 1. The Morgan fingerprint density at radius 1 is 0.407 bits per heavy atom. The number of rotatable bonds is 48. The highest BCUT2D eigenvalue weighted by atomic mass is 16.6. The lowest BCUT2D eigenvalue weighted by atomic mass is 9.82. The van der Waals surface area contributed by atoms with Crippen molar-refractivity contribution < 1.29 is 29.3 Å². The third-order valence-corrected chi connectivity index (χ3v) is 12.4. The first-order valence-electron chi connectivity index (χ1n) is 26.1. The van der Waals surface area contributed by atoms with Crippen LogP contribution in [0.1, 0.15) is 290 Å². The predicted octanol–water partition coefficient (Wildman–Crippen LogP) is 15.8. The van der Waals surface area contributed by atoms with Gasteiger partial charge in [0, 0.05) is 19.3 Å². The van der Waals surface area contributed by atoms with Crippen molar-refractivity contribution >= 4 is 17.5 Å². The molecule has 6 heteroatoms. The number of unbranched alkanes of at least 4 members (excludes halogenated alkanes) is 35. The number of aliphatic hydroxyl groups is 2. The van der Waals surface area contributed by atoms with Crippen LogP contribution in [0.2, 0.25) is 0 Å². The number of ketones is 2. The lowest BCUT2D eigenvalue weighted by molar-refractivity contribution is -0.188. The summed E-state index contributed by atoms with van der Waals surface area (Å²) in [6.45, 7) is 5.95. The first-order valence-corrected chi connectivity index (χ1v) is 26.1. The highest BCUT2D eigenvalue weighted by Crippen LogP contribution is 2.28. The van der Waals surface area contributed by atoms with E-state index in [0.717, 1.165) is 77.0 Å². The van der Waals surface area contributed by atoms with E-state index >= 15 is 0 Å². The zero-order valence-electron chi connectivity index (χ0n) is 39.7. The van der Waals surface area contributed by atoms with Crippen LogP contribution < -0.4 is 0 Å². The molecule has 0 saturated carbocycles. The molecule has 0 amide bonds. The molecule has 2 atom stereocenters. The first kappa shape index (κ1) is 57.5. The zero-order chi connectivity index (χ0) is 43.3. The van der Waals surface area contributed by atoms with Crippen LogP contribution in [0.3, 0.4) is 0 Å². The second kappa shape index (κ2) is 44.5. The summed E-state index contributed by atoms with van der Waals surface area (Å²) in [6, 6.07) is 0. The average molecular weight is 833 g/mol. The van der Waals surface area contributed by atoms with Gasteiger partial charge < -0.3 is 14.9 Å². The van der Waals surface area contributed by atoms with Crippen molar-refractivity contribution in [3.05, 3.63) is 12.2 Å². The van der Waals surface area contributed by atoms with Gasteiger partial charge in [-0.2, -0.15) is 0 Å². The first-order chi connectivity index (χ1) is 28.9. The van der Waals surface area contributed by atoms with Crippen LogP contribution in [0.5, 0.6) is 0 Å². The van der Waals surface area contributed by atoms with Gasteiger partial charge in [0.15, 0.2) is 11.6 Å². The number of hydrogen-bond acceptors (Lipinski definition) is 6. The molecule has 2 N–H and O–H groups in total. The highest BCUT2D eigenvalue weighted by Gasteiger charge is 2.53. The summed E-state index contributed by atoms with van der Waals surface area (Å²) >= 11 is 0. The number of Topliss-reactive ketones (excluding diaryl/α,β-unsaturated/α-hetero) is 2. The van der Waals surface area contributed by atoms with Crippen LogP contribution in [0.15, 0.2) is 12.2 Å². The van der Waals surface area contributed by atoms with Gasteiger partial charge in [0.2, 0.25) is 0 Å². The second-order valence-electron chi connectivity index (χ2n) is 18.1. The topological polar surface area (TPSA) is 101 Å². The molecule has 59 heavy (non-hydrogen) atoms. The third kappa shape index (κ3) is 33.7. The molecule has 0 aliphatic rings. The lowest BCUT2D eigenvalue weighted by Crippen LogP contribution is -2.60. The van der Waals surface area contributed by atoms with Gasteiger partial charge in [-0.15, -0.1) is 0 Å². The molecule has 0 aromatic carbocycles. The highest BCUT2D eigenvalue weighted by molar-refractivity contribution is 6.12. The van der Waals surface area contributed by atoms with E-state index in [1.165, 1.54) is 154 Å². The van der Waals surface area contributed by atoms with E-state index in [0.29, 0.717) is 19.3 Å². The number of carbonyl (C=O) groups excluding carboxylic acids is 3. The van der Waals surface area contributed by atoms with E-state index in [1.54, 1.807) is 0 Å². The normalized spacial score (nSPS) is 13.2. The smallest absolute Gasteiger partial charge is 0.307 e. The van der Waals surface area contributed by atoms with Gasteiger partial charge >= 0.3 is 5.97 Å². The van der Waals surface area contributed by atoms with Gasteiger partial charge in [0.25, 0.3) is 5.60 Å². The van der Waals surface area contributed by atoms with Crippen LogP contribution >= 0.6 is 0 Å². The Hall–Kier alpha value is -1.53. The third-order valence-electron chi connectivity index (χ3n) is 12.4. The van der Waals surface area contributed by atoms with Crippen molar-refractivity contribution in [3.63, 3.8) is 0 Å². The molecule has 6 nitrogen and oxygen atoms in total. The number of aliphatic hydroxyl groups excluding tert-OH is 2. The Labute approximate surface area is 366 Å². The lowest BCUT2D eigenvalue weighted by Gasteiger charge is -2.34. The molecular formula is C53H100O6. The van der Waals surface area contributed by atoms with Crippen molar-refractivity contribution in [1.82, 2.24) is 0 Å². The van der Waals surface area contributed by atoms with Crippen LogP contribution in [-0.2, 0) is 19.1 Å². The Balaban J connectivity index is 4.92. The molecule has 0 aliphatic heterocycles. The van der Waals surface area contributed by atoms with Crippen LogP contribution in [-0.4, -0.2) is 46.1 Å². The van der Waals surface area contributed by atoms with Crippen molar-refractivity contribution in [2.24, 2.45) is 0 Å². The summed E-state index contributed by atoms with van der Waals surface area (Å²) in [5.41, 5.74) is -2.32. The van der Waals surface area contributed by atoms with E-state index in [4.69, 9.17) is 4.74 Å². The van der Waals surface area contributed by atoms with Crippen LogP contribution in [0.25, 0.3) is 0 Å². The molecule has 348 valence electrons. The molecule has 0 bridgehead atoms. The van der Waals surface area contributed by atoms with Crippen LogP contribution in [0, 0.1) is 0 Å². The molecule has 0 radical (unpaired) electrons. The Kier molecular flexibility index (Phi) is 43.4. The van der Waals surface area contributed by atoms with Gasteiger partial charge in [0.1, 0.15) is 6.10 Å². The molecule has 0 rings (SSSR count). The fourth-order valence-corrected chi connectivity index (χ4v) is 8.39. The van der Waals surface area contributed by atoms with Gasteiger partial charge in [0.05, 0.1) is 6.61 Å². The largest absolute Gasteiger partial charge is 0.440 e. The van der Waals surface area contributed by atoms with Crippen molar-refractivity contribution in [2.75, 3.05) is 6.61 Å². The summed E-state index contributed by atoms with van der Waals surface area (Å²) < 4.78 is 5.80. The Morgan fingerprint density at radius 3 is 0.949 bits per heavy atom. The molecule has 0 heterocycles. The summed E-state index contributed by atoms with van der Waals surface area (Å²) in [5, 5.41) is 21.2. The fourth-order valence-electron chi connectivity index (χ4n) is 8.39. The summed E-state index contributed by atoms with van der Waals surface area (Å²) in [7, 11) is 0. The molecule has 0 aliphatic carbocycles. The van der Waals surface area contributed by atoms with Crippen molar-refractivity contribution in [3.8, 4) is 0 Å². The van der Waals surface area contributed by atoms with Gasteiger partial charge in [-0.25, -0.2) is 0 Å². The maximum atomic E-state index is 13.9. The van der Waals surface area contributed by atoms with E-state index in [-0.39, 0.29) is 19.3 Å². The van der Waals surface area contributed by atoms with E-state index < -0.39 is 35.8 Å². The predicted molar refractivity (Wildman–Crippen MR) is 252 cm³/mol. The minimum absolute atomic E-state index is 0.0472. The Bertz CT molecular complexity index is 962. The number of carbonyl (C=O) groups is 3. The van der Waals surface area contributed by atoms with Crippen LogP contribution in [0.4, 0.5) is 0 Å². The summed E-state index contributed by atoms with van der Waals surface area (Å²) in [4.78, 5) is 41.1. The van der Waals surface area contributed by atoms with Gasteiger partial charge in [-0.1, -0.05) is 238 Å². The van der Waals surface area contributed by atoms with Gasteiger partial charge in [-0.05, 0) is 44.9 Å². The maximum Gasteiger partial charge on any atom is 0.307 e.